The summed E-state index contributed by atoms with van der Waals surface area (Å²) in [4.78, 5) is 38.2. The van der Waals surface area contributed by atoms with Gasteiger partial charge < -0.3 is 4.74 Å². The molecule has 1 aliphatic rings. The normalized spacial score (nSPS) is 13.2. The van der Waals surface area contributed by atoms with Crippen molar-refractivity contribution >= 4 is 39.4 Å². The Kier molecular flexibility index (Phi) is 4.49. The Hall–Kier alpha value is -2.47. The summed E-state index contributed by atoms with van der Waals surface area (Å²) in [6, 6.07) is 11.3. The summed E-state index contributed by atoms with van der Waals surface area (Å²) in [5.74, 6) is -1.28. The second-order valence-corrected chi connectivity index (χ2v) is 6.24. The van der Waals surface area contributed by atoms with E-state index in [1.165, 1.54) is 6.07 Å². The lowest BCUT2D eigenvalue weighted by molar-refractivity contribution is 0.0504. The maximum Gasteiger partial charge on any atom is 0.338 e. The van der Waals surface area contributed by atoms with Crippen LogP contribution < -0.4 is 4.90 Å². The van der Waals surface area contributed by atoms with Gasteiger partial charge in [-0.15, -0.1) is 0 Å². The van der Waals surface area contributed by atoms with E-state index in [-0.39, 0.29) is 0 Å². The standard InChI is InChI=1S/C18H14BrNO4/c1-2-8-24-18(23)11-4-3-5-13(9-11)20-16(21)14-7-6-12(19)10-15(14)17(20)22/h3-7,9-10H,2,8H2,1H3. The third-order valence-electron chi connectivity index (χ3n) is 3.63. The second-order valence-electron chi connectivity index (χ2n) is 5.32. The second kappa shape index (κ2) is 6.57. The van der Waals surface area contributed by atoms with Gasteiger partial charge in [-0.05, 0) is 42.8 Å². The number of anilines is 1. The van der Waals surface area contributed by atoms with E-state index in [4.69, 9.17) is 4.74 Å². The number of esters is 1. The van der Waals surface area contributed by atoms with Gasteiger partial charge in [-0.1, -0.05) is 28.9 Å². The van der Waals surface area contributed by atoms with Crippen molar-refractivity contribution in [1.29, 1.82) is 0 Å². The SMILES string of the molecule is CCCOC(=O)c1cccc(N2C(=O)c3ccc(Br)cc3C2=O)c1. The van der Waals surface area contributed by atoms with E-state index in [1.807, 2.05) is 6.92 Å². The number of rotatable bonds is 4. The van der Waals surface area contributed by atoms with Crippen molar-refractivity contribution < 1.29 is 19.1 Å². The van der Waals surface area contributed by atoms with Gasteiger partial charge in [-0.2, -0.15) is 0 Å². The molecule has 0 aliphatic carbocycles. The molecule has 0 N–H and O–H groups in total. The van der Waals surface area contributed by atoms with Crippen LogP contribution >= 0.6 is 15.9 Å². The zero-order valence-electron chi connectivity index (χ0n) is 12.9. The lowest BCUT2D eigenvalue weighted by Crippen LogP contribution is -2.29. The predicted octanol–water partition coefficient (Wildman–Crippen LogP) is 3.82. The van der Waals surface area contributed by atoms with Crippen molar-refractivity contribution in [1.82, 2.24) is 0 Å². The van der Waals surface area contributed by atoms with E-state index in [1.54, 1.807) is 36.4 Å². The van der Waals surface area contributed by atoms with Crippen LogP contribution in [-0.4, -0.2) is 24.4 Å². The number of fused-ring (bicyclic) bond motifs is 1. The maximum absolute atomic E-state index is 12.6. The molecular weight excluding hydrogens is 374 g/mol. The Labute approximate surface area is 147 Å². The van der Waals surface area contributed by atoms with Crippen LogP contribution in [0.15, 0.2) is 46.9 Å². The Morgan fingerprint density at radius 3 is 2.58 bits per heavy atom. The molecule has 0 unspecified atom stereocenters. The highest BCUT2D eigenvalue weighted by molar-refractivity contribution is 9.10. The molecule has 6 heteroatoms. The third kappa shape index (κ3) is 2.85. The van der Waals surface area contributed by atoms with Gasteiger partial charge in [-0.25, -0.2) is 9.69 Å². The lowest BCUT2D eigenvalue weighted by Gasteiger charge is -2.14. The highest BCUT2D eigenvalue weighted by atomic mass is 79.9. The number of hydrogen-bond acceptors (Lipinski definition) is 4. The van der Waals surface area contributed by atoms with Crippen LogP contribution in [0, 0.1) is 0 Å². The van der Waals surface area contributed by atoms with Gasteiger partial charge in [0.15, 0.2) is 0 Å². The topological polar surface area (TPSA) is 63.7 Å². The minimum absolute atomic E-state index is 0.304. The zero-order chi connectivity index (χ0) is 17.3. The minimum Gasteiger partial charge on any atom is -0.462 e. The van der Waals surface area contributed by atoms with Crippen molar-refractivity contribution in [2.24, 2.45) is 0 Å². The van der Waals surface area contributed by atoms with Crippen LogP contribution in [0.4, 0.5) is 5.69 Å². The Morgan fingerprint density at radius 2 is 1.83 bits per heavy atom. The van der Waals surface area contributed by atoms with Gasteiger partial charge in [0.1, 0.15) is 0 Å². The average molecular weight is 388 g/mol. The van der Waals surface area contributed by atoms with Crippen LogP contribution in [-0.2, 0) is 4.74 Å². The Balaban J connectivity index is 1.94. The molecule has 2 amide bonds. The van der Waals surface area contributed by atoms with Gasteiger partial charge in [0.25, 0.3) is 11.8 Å². The fourth-order valence-corrected chi connectivity index (χ4v) is 2.86. The lowest BCUT2D eigenvalue weighted by atomic mass is 10.1. The molecule has 0 radical (unpaired) electrons. The van der Waals surface area contributed by atoms with E-state index < -0.39 is 17.8 Å². The summed E-state index contributed by atoms with van der Waals surface area (Å²) in [6.07, 6.45) is 0.721. The molecule has 24 heavy (non-hydrogen) atoms. The minimum atomic E-state index is -0.474. The Bertz CT molecular complexity index is 847. The summed E-state index contributed by atoms with van der Waals surface area (Å²) < 4.78 is 5.82. The highest BCUT2D eigenvalue weighted by Gasteiger charge is 2.36. The molecule has 2 aromatic rings. The third-order valence-corrected chi connectivity index (χ3v) is 4.12. The number of ether oxygens (including phenoxy) is 1. The Morgan fingerprint density at radius 1 is 1.08 bits per heavy atom. The summed E-state index contributed by atoms with van der Waals surface area (Å²) in [5, 5.41) is 0. The number of halogens is 1. The van der Waals surface area contributed by atoms with Crippen LogP contribution in [0.25, 0.3) is 0 Å². The fraction of sp³-hybridized carbons (Fsp3) is 0.167. The fourth-order valence-electron chi connectivity index (χ4n) is 2.50. The molecular formula is C18H14BrNO4. The van der Waals surface area contributed by atoms with Gasteiger partial charge >= 0.3 is 5.97 Å². The van der Waals surface area contributed by atoms with Gasteiger partial charge in [-0.3, -0.25) is 9.59 Å². The number of carbonyl (C=O) groups excluding carboxylic acids is 3. The number of hydrogen-bond donors (Lipinski definition) is 0. The zero-order valence-corrected chi connectivity index (χ0v) is 14.5. The molecule has 5 nitrogen and oxygen atoms in total. The smallest absolute Gasteiger partial charge is 0.338 e. The average Bonchev–Trinajstić information content (AvgIpc) is 2.83. The molecule has 0 atom stereocenters. The largest absolute Gasteiger partial charge is 0.462 e. The van der Waals surface area contributed by atoms with Crippen LogP contribution in [0.3, 0.4) is 0 Å². The van der Waals surface area contributed by atoms with E-state index in [9.17, 15) is 14.4 Å². The van der Waals surface area contributed by atoms with Crippen LogP contribution in [0.2, 0.25) is 0 Å². The maximum atomic E-state index is 12.6. The molecule has 0 fully saturated rings. The summed E-state index contributed by atoms with van der Waals surface area (Å²) in [7, 11) is 0. The first-order valence-corrected chi connectivity index (χ1v) is 8.27. The molecule has 1 aliphatic heterocycles. The first-order valence-electron chi connectivity index (χ1n) is 7.48. The first-order chi connectivity index (χ1) is 11.5. The van der Waals surface area contributed by atoms with Crippen molar-refractivity contribution in [3.8, 4) is 0 Å². The molecule has 122 valence electrons. The molecule has 0 saturated carbocycles. The summed E-state index contributed by atoms with van der Waals surface area (Å²) in [6.45, 7) is 2.23. The number of imide groups is 1. The van der Waals surface area contributed by atoms with E-state index in [0.29, 0.717) is 29.0 Å². The number of nitrogens with zero attached hydrogens (tertiary/aromatic N) is 1. The monoisotopic (exact) mass is 387 g/mol. The van der Waals surface area contributed by atoms with Gasteiger partial charge in [0, 0.05) is 4.47 Å². The van der Waals surface area contributed by atoms with Crippen molar-refractivity contribution in [3.05, 3.63) is 63.6 Å². The quantitative estimate of drug-likeness (QED) is 0.590. The molecule has 0 spiro atoms. The van der Waals surface area contributed by atoms with Crippen LogP contribution in [0.5, 0.6) is 0 Å². The molecule has 2 aromatic carbocycles. The number of amides is 2. The molecule has 0 bridgehead atoms. The van der Waals surface area contributed by atoms with Gasteiger partial charge in [0.2, 0.25) is 0 Å². The summed E-state index contributed by atoms with van der Waals surface area (Å²) in [5.41, 5.74) is 1.34. The number of benzene rings is 2. The molecule has 3 rings (SSSR count). The van der Waals surface area contributed by atoms with E-state index >= 15 is 0 Å². The van der Waals surface area contributed by atoms with Crippen molar-refractivity contribution in [3.63, 3.8) is 0 Å². The molecule has 0 saturated heterocycles. The van der Waals surface area contributed by atoms with Gasteiger partial charge in [0.05, 0.1) is 29.0 Å². The highest BCUT2D eigenvalue weighted by Crippen LogP contribution is 2.30. The van der Waals surface area contributed by atoms with E-state index in [0.717, 1.165) is 15.8 Å². The predicted molar refractivity (Wildman–Crippen MR) is 92.3 cm³/mol. The number of carbonyl (C=O) groups is 3. The van der Waals surface area contributed by atoms with E-state index in [2.05, 4.69) is 15.9 Å². The van der Waals surface area contributed by atoms with Crippen LogP contribution in [0.1, 0.15) is 44.4 Å². The van der Waals surface area contributed by atoms with Crippen molar-refractivity contribution in [2.75, 3.05) is 11.5 Å². The summed E-state index contributed by atoms with van der Waals surface area (Å²) >= 11 is 3.30. The first kappa shape index (κ1) is 16.4. The van der Waals surface area contributed by atoms with Crippen molar-refractivity contribution in [2.45, 2.75) is 13.3 Å². The molecule has 0 aromatic heterocycles. The molecule has 1 heterocycles.